The molecule has 1 aromatic heterocycles. The summed E-state index contributed by atoms with van der Waals surface area (Å²) in [5.74, 6) is 0.622. The number of hydrogen-bond donors (Lipinski definition) is 1. The van der Waals surface area contributed by atoms with E-state index in [4.69, 9.17) is 17.3 Å². The van der Waals surface area contributed by atoms with Crippen LogP contribution >= 0.6 is 11.6 Å². The van der Waals surface area contributed by atoms with Gasteiger partial charge in [-0.25, -0.2) is 9.97 Å². The fraction of sp³-hybridized carbons (Fsp3) is 0.556. The summed E-state index contributed by atoms with van der Waals surface area (Å²) in [5, 5.41) is 0.354. The molecule has 2 N–H and O–H groups in total. The van der Waals surface area contributed by atoms with Gasteiger partial charge in [-0.1, -0.05) is 0 Å². The molecule has 4 heteroatoms. The SMILES string of the molecule is NCCc1cc(C2CC2)nc(Cl)n1. The molecular formula is C9H12ClN3. The molecule has 0 radical (unpaired) electrons. The average Bonchev–Trinajstić information content (AvgIpc) is 2.85. The molecule has 0 bridgehead atoms. The van der Waals surface area contributed by atoms with Crippen molar-refractivity contribution >= 4 is 11.6 Å². The molecule has 0 saturated heterocycles. The molecule has 0 aliphatic heterocycles. The largest absolute Gasteiger partial charge is 0.330 e. The Kier molecular flexibility index (Phi) is 2.47. The van der Waals surface area contributed by atoms with Crippen LogP contribution in [0.1, 0.15) is 30.1 Å². The lowest BCUT2D eigenvalue weighted by atomic mass is 10.2. The number of nitrogens with zero attached hydrogens (tertiary/aromatic N) is 2. The van der Waals surface area contributed by atoms with Gasteiger partial charge in [-0.2, -0.15) is 0 Å². The van der Waals surface area contributed by atoms with Crippen molar-refractivity contribution < 1.29 is 0 Å². The van der Waals surface area contributed by atoms with Crippen molar-refractivity contribution in [3.63, 3.8) is 0 Å². The van der Waals surface area contributed by atoms with Gasteiger partial charge in [0.05, 0.1) is 0 Å². The van der Waals surface area contributed by atoms with Gasteiger partial charge in [-0.3, -0.25) is 0 Å². The zero-order valence-corrected chi connectivity index (χ0v) is 8.09. The Balaban J connectivity index is 2.25. The third kappa shape index (κ3) is 2.17. The Morgan fingerprint density at radius 2 is 2.23 bits per heavy atom. The second-order valence-corrected chi connectivity index (χ2v) is 3.70. The van der Waals surface area contributed by atoms with Crippen LogP contribution in [0.4, 0.5) is 0 Å². The van der Waals surface area contributed by atoms with Crippen LogP contribution in [0.25, 0.3) is 0 Å². The minimum absolute atomic E-state index is 0.354. The molecule has 1 saturated carbocycles. The highest BCUT2D eigenvalue weighted by Gasteiger charge is 2.25. The summed E-state index contributed by atoms with van der Waals surface area (Å²) in [5.41, 5.74) is 7.50. The van der Waals surface area contributed by atoms with Gasteiger partial charge in [0.1, 0.15) is 0 Å². The van der Waals surface area contributed by atoms with Crippen LogP contribution in [-0.2, 0) is 6.42 Å². The quantitative estimate of drug-likeness (QED) is 0.748. The van der Waals surface area contributed by atoms with E-state index in [1.807, 2.05) is 6.07 Å². The maximum Gasteiger partial charge on any atom is 0.222 e. The average molecular weight is 198 g/mol. The van der Waals surface area contributed by atoms with E-state index in [1.165, 1.54) is 12.8 Å². The van der Waals surface area contributed by atoms with Gasteiger partial charge >= 0.3 is 0 Å². The summed E-state index contributed by atoms with van der Waals surface area (Å²) in [6.07, 6.45) is 3.24. The van der Waals surface area contributed by atoms with Crippen molar-refractivity contribution in [2.24, 2.45) is 5.73 Å². The van der Waals surface area contributed by atoms with Gasteiger partial charge in [0.15, 0.2) is 0 Å². The second-order valence-electron chi connectivity index (χ2n) is 3.37. The predicted octanol–water partition coefficient (Wildman–Crippen LogP) is 1.51. The van der Waals surface area contributed by atoms with Crippen LogP contribution in [0.5, 0.6) is 0 Å². The van der Waals surface area contributed by atoms with E-state index in [0.29, 0.717) is 17.7 Å². The van der Waals surface area contributed by atoms with Gasteiger partial charge in [-0.05, 0) is 37.1 Å². The molecule has 0 atom stereocenters. The van der Waals surface area contributed by atoms with E-state index in [2.05, 4.69) is 9.97 Å². The van der Waals surface area contributed by atoms with Gasteiger partial charge in [-0.15, -0.1) is 0 Å². The zero-order chi connectivity index (χ0) is 9.26. The van der Waals surface area contributed by atoms with Gasteiger partial charge in [0.25, 0.3) is 0 Å². The van der Waals surface area contributed by atoms with Crippen LogP contribution in [0, 0.1) is 0 Å². The Morgan fingerprint density at radius 3 is 2.85 bits per heavy atom. The van der Waals surface area contributed by atoms with Crippen molar-refractivity contribution in [1.82, 2.24) is 9.97 Å². The summed E-state index contributed by atoms with van der Waals surface area (Å²) in [6.45, 7) is 0.609. The molecule has 0 aromatic carbocycles. The summed E-state index contributed by atoms with van der Waals surface area (Å²) in [6, 6.07) is 2.02. The maximum atomic E-state index is 5.79. The number of hydrogen-bond acceptors (Lipinski definition) is 3. The molecule has 2 rings (SSSR count). The van der Waals surface area contributed by atoms with Crippen LogP contribution < -0.4 is 5.73 Å². The van der Waals surface area contributed by atoms with E-state index in [0.717, 1.165) is 17.8 Å². The summed E-state index contributed by atoms with van der Waals surface area (Å²) >= 11 is 5.79. The standard InChI is InChI=1S/C9H12ClN3/c10-9-12-7(3-4-11)5-8(13-9)6-1-2-6/h5-6H,1-4,11H2. The number of aromatic nitrogens is 2. The fourth-order valence-corrected chi connectivity index (χ4v) is 1.56. The molecule has 0 unspecified atom stereocenters. The summed E-state index contributed by atoms with van der Waals surface area (Å²) < 4.78 is 0. The van der Waals surface area contributed by atoms with E-state index in [9.17, 15) is 0 Å². The molecule has 70 valence electrons. The molecule has 0 spiro atoms. The molecule has 3 nitrogen and oxygen atoms in total. The molecule has 13 heavy (non-hydrogen) atoms. The van der Waals surface area contributed by atoms with Gasteiger partial charge in [0.2, 0.25) is 5.28 Å². The number of halogens is 1. The molecule has 1 heterocycles. The first-order chi connectivity index (χ1) is 6.29. The predicted molar refractivity (Wildman–Crippen MR) is 51.8 cm³/mol. The van der Waals surface area contributed by atoms with E-state index in [1.54, 1.807) is 0 Å². The highest BCUT2D eigenvalue weighted by atomic mass is 35.5. The smallest absolute Gasteiger partial charge is 0.222 e. The van der Waals surface area contributed by atoms with E-state index in [-0.39, 0.29) is 0 Å². The first-order valence-corrected chi connectivity index (χ1v) is 4.91. The minimum atomic E-state index is 0.354. The highest BCUT2D eigenvalue weighted by molar-refractivity contribution is 6.28. The monoisotopic (exact) mass is 197 g/mol. The van der Waals surface area contributed by atoms with Crippen LogP contribution in [0.3, 0.4) is 0 Å². The van der Waals surface area contributed by atoms with E-state index >= 15 is 0 Å². The topological polar surface area (TPSA) is 51.8 Å². The molecule has 1 aromatic rings. The Hall–Kier alpha value is -0.670. The van der Waals surface area contributed by atoms with Crippen molar-refractivity contribution in [1.29, 1.82) is 0 Å². The van der Waals surface area contributed by atoms with Crippen LogP contribution in [0.2, 0.25) is 5.28 Å². The van der Waals surface area contributed by atoms with Crippen molar-refractivity contribution in [3.8, 4) is 0 Å². The molecule has 1 aliphatic carbocycles. The van der Waals surface area contributed by atoms with Crippen molar-refractivity contribution in [2.45, 2.75) is 25.2 Å². The fourth-order valence-electron chi connectivity index (χ4n) is 1.35. The highest BCUT2D eigenvalue weighted by Crippen LogP contribution is 2.39. The van der Waals surface area contributed by atoms with Crippen LogP contribution in [0.15, 0.2) is 6.07 Å². The zero-order valence-electron chi connectivity index (χ0n) is 7.33. The third-order valence-corrected chi connectivity index (χ3v) is 2.34. The molecule has 1 fully saturated rings. The Bertz CT molecular complexity index is 310. The van der Waals surface area contributed by atoms with Crippen molar-refractivity contribution in [3.05, 3.63) is 22.7 Å². The molecular weight excluding hydrogens is 186 g/mol. The van der Waals surface area contributed by atoms with Crippen LogP contribution in [-0.4, -0.2) is 16.5 Å². The first-order valence-electron chi connectivity index (χ1n) is 4.53. The normalized spacial score (nSPS) is 16.2. The summed E-state index contributed by atoms with van der Waals surface area (Å²) in [4.78, 5) is 8.30. The van der Waals surface area contributed by atoms with E-state index < -0.39 is 0 Å². The molecule has 1 aliphatic rings. The third-order valence-electron chi connectivity index (χ3n) is 2.17. The van der Waals surface area contributed by atoms with Crippen molar-refractivity contribution in [2.75, 3.05) is 6.54 Å². The second kappa shape index (κ2) is 3.60. The minimum Gasteiger partial charge on any atom is -0.330 e. The number of nitrogens with two attached hydrogens (primary N) is 1. The lowest BCUT2D eigenvalue weighted by molar-refractivity contribution is 0.882. The maximum absolute atomic E-state index is 5.79. The van der Waals surface area contributed by atoms with Gasteiger partial charge < -0.3 is 5.73 Å². The lowest BCUT2D eigenvalue weighted by Gasteiger charge is -2.02. The first kappa shape index (κ1) is 8.91. The molecule has 0 amide bonds. The Morgan fingerprint density at radius 1 is 1.46 bits per heavy atom. The Labute approximate surface area is 82.3 Å². The van der Waals surface area contributed by atoms with Gasteiger partial charge in [0, 0.05) is 23.7 Å². The number of rotatable bonds is 3. The summed E-state index contributed by atoms with van der Waals surface area (Å²) in [7, 11) is 0. The lowest BCUT2D eigenvalue weighted by Crippen LogP contribution is -2.06.